The van der Waals surface area contributed by atoms with Gasteiger partial charge in [-0.15, -0.1) is 0 Å². The number of ether oxygens (including phenoxy) is 3. The highest BCUT2D eigenvalue weighted by Gasteiger charge is 2.19. The van der Waals surface area contributed by atoms with Gasteiger partial charge in [-0.05, 0) is 116 Å². The van der Waals surface area contributed by atoms with E-state index in [4.69, 9.17) is 14.2 Å². The normalized spacial score (nSPS) is 12.6. The van der Waals surface area contributed by atoms with Gasteiger partial charge in [0.25, 0.3) is 0 Å². The predicted octanol–water partition coefficient (Wildman–Crippen LogP) is 24.2. The largest absolute Gasteiger partial charge is 0.462 e. The molecule has 0 radical (unpaired) electrons. The second-order valence-corrected chi connectivity index (χ2v) is 23.4. The highest BCUT2D eigenvalue weighted by molar-refractivity contribution is 5.71. The van der Waals surface area contributed by atoms with Crippen molar-refractivity contribution in [1.82, 2.24) is 0 Å². The number of esters is 3. The molecular formula is C75H132O6. The van der Waals surface area contributed by atoms with Crippen molar-refractivity contribution in [2.24, 2.45) is 0 Å². The van der Waals surface area contributed by atoms with Crippen molar-refractivity contribution in [3.63, 3.8) is 0 Å². The zero-order chi connectivity index (χ0) is 58.5. The van der Waals surface area contributed by atoms with Gasteiger partial charge in [-0.1, -0.05) is 305 Å². The lowest BCUT2D eigenvalue weighted by molar-refractivity contribution is -0.167. The van der Waals surface area contributed by atoms with Crippen LogP contribution in [0.3, 0.4) is 0 Å². The van der Waals surface area contributed by atoms with Crippen LogP contribution in [0.15, 0.2) is 85.1 Å². The molecule has 0 heterocycles. The Kier molecular flexibility index (Phi) is 66.2. The number of carbonyl (C=O) groups excluding carboxylic acids is 3. The second-order valence-electron chi connectivity index (χ2n) is 23.4. The van der Waals surface area contributed by atoms with Crippen molar-refractivity contribution in [3.8, 4) is 0 Å². The molecule has 0 saturated carbocycles. The number of hydrogen-bond acceptors (Lipinski definition) is 6. The minimum atomic E-state index is -0.782. The van der Waals surface area contributed by atoms with E-state index < -0.39 is 6.10 Å². The molecule has 6 nitrogen and oxygen atoms in total. The van der Waals surface area contributed by atoms with Crippen LogP contribution >= 0.6 is 0 Å². The van der Waals surface area contributed by atoms with Crippen LogP contribution in [0.4, 0.5) is 0 Å². The van der Waals surface area contributed by atoms with Gasteiger partial charge in [0.1, 0.15) is 13.2 Å². The summed E-state index contributed by atoms with van der Waals surface area (Å²) in [6.07, 6.45) is 91.7. The zero-order valence-electron chi connectivity index (χ0n) is 53.8. The number of carbonyl (C=O) groups is 3. The lowest BCUT2D eigenvalue weighted by Crippen LogP contribution is -2.30. The van der Waals surface area contributed by atoms with E-state index >= 15 is 0 Å². The maximum Gasteiger partial charge on any atom is 0.306 e. The number of hydrogen-bond donors (Lipinski definition) is 0. The fourth-order valence-electron chi connectivity index (χ4n) is 10.1. The Morgan fingerprint density at radius 1 is 0.259 bits per heavy atom. The third-order valence-electron chi connectivity index (χ3n) is 15.4. The van der Waals surface area contributed by atoms with Gasteiger partial charge in [-0.25, -0.2) is 0 Å². The van der Waals surface area contributed by atoms with Gasteiger partial charge < -0.3 is 14.2 Å². The molecule has 0 spiro atoms. The molecule has 0 amide bonds. The van der Waals surface area contributed by atoms with Crippen LogP contribution in [-0.4, -0.2) is 37.2 Å². The quantitative estimate of drug-likeness (QED) is 0.0261. The Morgan fingerprint density at radius 3 is 0.765 bits per heavy atom. The molecule has 6 heteroatoms. The number of unbranched alkanes of at least 4 members (excludes halogenated alkanes) is 39. The third-order valence-corrected chi connectivity index (χ3v) is 15.4. The van der Waals surface area contributed by atoms with Crippen molar-refractivity contribution < 1.29 is 28.6 Å². The smallest absolute Gasteiger partial charge is 0.306 e. The highest BCUT2D eigenvalue weighted by Crippen LogP contribution is 2.17. The van der Waals surface area contributed by atoms with E-state index in [9.17, 15) is 14.4 Å². The summed E-state index contributed by atoms with van der Waals surface area (Å²) in [7, 11) is 0. The maximum atomic E-state index is 12.9. The average Bonchev–Trinajstić information content (AvgIpc) is 3.47. The average molecular weight is 1130 g/mol. The van der Waals surface area contributed by atoms with Crippen molar-refractivity contribution in [2.45, 2.75) is 361 Å². The summed E-state index contributed by atoms with van der Waals surface area (Å²) in [6.45, 7) is 6.55. The van der Waals surface area contributed by atoms with Crippen molar-refractivity contribution >= 4 is 17.9 Å². The van der Waals surface area contributed by atoms with Gasteiger partial charge >= 0.3 is 17.9 Å². The molecule has 0 fully saturated rings. The summed E-state index contributed by atoms with van der Waals surface area (Å²) in [4.78, 5) is 38.4. The summed E-state index contributed by atoms with van der Waals surface area (Å²) in [6, 6.07) is 0. The van der Waals surface area contributed by atoms with E-state index in [1.165, 1.54) is 218 Å². The number of allylic oxidation sites excluding steroid dienone is 14. The van der Waals surface area contributed by atoms with Crippen molar-refractivity contribution in [3.05, 3.63) is 85.1 Å². The molecule has 81 heavy (non-hydrogen) atoms. The van der Waals surface area contributed by atoms with Crippen LogP contribution in [0.1, 0.15) is 355 Å². The maximum absolute atomic E-state index is 12.9. The molecule has 0 bridgehead atoms. The molecule has 0 aromatic rings. The summed E-state index contributed by atoms with van der Waals surface area (Å²) in [5.74, 6) is -0.871. The molecule has 0 aliphatic rings. The molecule has 468 valence electrons. The monoisotopic (exact) mass is 1130 g/mol. The second kappa shape index (κ2) is 69.1. The Labute approximate surface area is 503 Å². The van der Waals surface area contributed by atoms with Gasteiger partial charge in [0.05, 0.1) is 0 Å². The zero-order valence-corrected chi connectivity index (χ0v) is 53.8. The SMILES string of the molecule is CC/C=C\C/C=C\C/C=C\C/C=C\C/C=C\CCCCCCCCCCCCCCCC(=O)OCC(COC(=O)CCCCCCC/C=C\CCCCCCCC)OC(=O)CCCCCCCCCCC/C=C\CCCCCCCC. The Balaban J connectivity index is 4.28. The van der Waals surface area contributed by atoms with Crippen molar-refractivity contribution in [2.75, 3.05) is 13.2 Å². The van der Waals surface area contributed by atoms with Gasteiger partial charge in [-0.3, -0.25) is 14.4 Å². The molecule has 1 atom stereocenters. The Morgan fingerprint density at radius 2 is 0.481 bits per heavy atom. The van der Waals surface area contributed by atoms with Crippen LogP contribution in [0.25, 0.3) is 0 Å². The summed E-state index contributed by atoms with van der Waals surface area (Å²) in [5.41, 5.74) is 0. The molecule has 0 N–H and O–H groups in total. The summed E-state index contributed by atoms with van der Waals surface area (Å²) >= 11 is 0. The topological polar surface area (TPSA) is 78.9 Å². The molecule has 0 aliphatic heterocycles. The van der Waals surface area contributed by atoms with E-state index in [0.717, 1.165) is 96.3 Å². The Bertz CT molecular complexity index is 1530. The first kappa shape index (κ1) is 77.6. The van der Waals surface area contributed by atoms with Crippen molar-refractivity contribution in [1.29, 1.82) is 0 Å². The minimum Gasteiger partial charge on any atom is -0.462 e. The lowest BCUT2D eigenvalue weighted by Gasteiger charge is -2.18. The molecular weight excluding hydrogens is 997 g/mol. The number of rotatable bonds is 64. The van der Waals surface area contributed by atoms with Crippen LogP contribution in [-0.2, 0) is 28.6 Å². The highest BCUT2D eigenvalue weighted by atomic mass is 16.6. The van der Waals surface area contributed by atoms with Crippen LogP contribution < -0.4 is 0 Å². The third kappa shape index (κ3) is 67.3. The fourth-order valence-corrected chi connectivity index (χ4v) is 10.1. The molecule has 0 aromatic heterocycles. The first-order valence-corrected chi connectivity index (χ1v) is 35.1. The van der Waals surface area contributed by atoms with E-state index in [1.54, 1.807) is 0 Å². The van der Waals surface area contributed by atoms with Crippen LogP contribution in [0.2, 0.25) is 0 Å². The summed E-state index contributed by atoms with van der Waals surface area (Å²) < 4.78 is 17.0. The van der Waals surface area contributed by atoms with E-state index in [2.05, 4.69) is 106 Å². The van der Waals surface area contributed by atoms with E-state index in [0.29, 0.717) is 19.3 Å². The van der Waals surface area contributed by atoms with Gasteiger partial charge in [0.15, 0.2) is 6.10 Å². The van der Waals surface area contributed by atoms with Crippen LogP contribution in [0.5, 0.6) is 0 Å². The molecule has 0 aliphatic carbocycles. The molecule has 0 saturated heterocycles. The molecule has 0 aromatic carbocycles. The van der Waals surface area contributed by atoms with Gasteiger partial charge in [0.2, 0.25) is 0 Å². The Hall–Kier alpha value is -3.41. The first-order valence-electron chi connectivity index (χ1n) is 35.1. The van der Waals surface area contributed by atoms with E-state index in [1.807, 2.05) is 0 Å². The first-order chi connectivity index (χ1) is 40.0. The lowest BCUT2D eigenvalue weighted by atomic mass is 10.0. The standard InChI is InChI=1S/C75H132O6/c1-4-7-10-13-16-19-22-25-28-30-32-33-34-35-36-37-38-39-40-41-43-44-47-50-53-56-59-62-65-68-74(77)80-71-72(70-79-73(76)67-64-61-58-55-52-49-46-27-24-21-18-15-12-9-6-3)81-75(78)69-66-63-60-57-54-51-48-45-42-31-29-26-23-20-17-14-11-8-5-2/h7,10,16,19,25-29,32-33,35-36,46,72H,4-6,8-9,11-15,17-18,20-24,30-31,34,37-45,47-71H2,1-3H3/b10-7-,19-16-,28-25-,29-26-,33-32-,36-35-,46-27-. The molecule has 0 rings (SSSR count). The summed E-state index contributed by atoms with van der Waals surface area (Å²) in [5, 5.41) is 0. The minimum absolute atomic E-state index is 0.0775. The van der Waals surface area contributed by atoms with Gasteiger partial charge in [-0.2, -0.15) is 0 Å². The van der Waals surface area contributed by atoms with Crippen LogP contribution in [0, 0.1) is 0 Å². The van der Waals surface area contributed by atoms with E-state index in [-0.39, 0.29) is 31.1 Å². The molecule has 1 unspecified atom stereocenters. The van der Waals surface area contributed by atoms with Gasteiger partial charge in [0, 0.05) is 19.3 Å². The fraction of sp³-hybridized carbons (Fsp3) is 0.773. The predicted molar refractivity (Wildman–Crippen MR) is 353 cm³/mol.